The second kappa shape index (κ2) is 11.7. The van der Waals surface area contributed by atoms with Gasteiger partial charge in [-0.25, -0.2) is 5.48 Å². The van der Waals surface area contributed by atoms with E-state index in [1.54, 1.807) is 5.48 Å². The fourth-order valence-corrected chi connectivity index (χ4v) is 3.58. The van der Waals surface area contributed by atoms with E-state index in [2.05, 4.69) is 15.5 Å². The number of carbonyl (C=O) groups excluding carboxylic acids is 2. The Morgan fingerprint density at radius 2 is 2.07 bits per heavy atom. The number of aromatic nitrogens is 2. The summed E-state index contributed by atoms with van der Waals surface area (Å²) in [5, 5.41) is 15.3. The van der Waals surface area contributed by atoms with Crippen molar-refractivity contribution in [1.29, 1.82) is 0 Å². The molecule has 0 aliphatic heterocycles. The predicted molar refractivity (Wildman–Crippen MR) is 95.7 cm³/mol. The van der Waals surface area contributed by atoms with Gasteiger partial charge in [-0.3, -0.25) is 14.8 Å². The third kappa shape index (κ3) is 7.64. The van der Waals surface area contributed by atoms with Crippen LogP contribution in [-0.4, -0.2) is 40.9 Å². The molecule has 9 nitrogen and oxygen atoms in total. The Labute approximate surface area is 159 Å². The number of hydroxylamine groups is 1. The zero-order valence-electron chi connectivity index (χ0n) is 15.9. The lowest BCUT2D eigenvalue weighted by Gasteiger charge is -2.22. The zero-order valence-corrected chi connectivity index (χ0v) is 15.9. The molecule has 0 unspecified atom stereocenters. The van der Waals surface area contributed by atoms with Crippen LogP contribution in [0.15, 0.2) is 4.52 Å². The van der Waals surface area contributed by atoms with Crippen LogP contribution in [0.1, 0.15) is 75.4 Å². The summed E-state index contributed by atoms with van der Waals surface area (Å²) >= 11 is 0. The molecule has 0 saturated heterocycles. The molecule has 1 atom stereocenters. The van der Waals surface area contributed by atoms with E-state index in [-0.39, 0.29) is 31.4 Å². The van der Waals surface area contributed by atoms with Crippen LogP contribution in [0.3, 0.4) is 0 Å². The maximum absolute atomic E-state index is 11.6. The molecule has 3 N–H and O–H groups in total. The van der Waals surface area contributed by atoms with Gasteiger partial charge in [-0.2, -0.15) is 4.98 Å². The van der Waals surface area contributed by atoms with Gasteiger partial charge in [0.15, 0.2) is 5.82 Å². The van der Waals surface area contributed by atoms with Crippen molar-refractivity contribution in [2.45, 2.75) is 70.3 Å². The van der Waals surface area contributed by atoms with E-state index in [1.807, 2.05) is 0 Å². The maximum atomic E-state index is 11.6. The molecule has 27 heavy (non-hydrogen) atoms. The lowest BCUT2D eigenvalue weighted by molar-refractivity contribution is -0.129. The van der Waals surface area contributed by atoms with Crippen molar-refractivity contribution < 1.29 is 24.1 Å². The molecule has 1 aliphatic rings. The van der Waals surface area contributed by atoms with Crippen LogP contribution in [0.5, 0.6) is 0 Å². The van der Waals surface area contributed by atoms with E-state index in [0.717, 1.165) is 25.2 Å². The van der Waals surface area contributed by atoms with E-state index in [1.165, 1.54) is 39.2 Å². The van der Waals surface area contributed by atoms with Gasteiger partial charge < -0.3 is 14.6 Å². The highest BCUT2D eigenvalue weighted by Gasteiger charge is 2.23. The van der Waals surface area contributed by atoms with Gasteiger partial charge >= 0.3 is 0 Å². The van der Waals surface area contributed by atoms with Gasteiger partial charge in [0, 0.05) is 19.4 Å². The van der Waals surface area contributed by atoms with Crippen molar-refractivity contribution in [3.63, 3.8) is 0 Å². The summed E-state index contributed by atoms with van der Waals surface area (Å²) in [6.45, 7) is 0.0951. The molecule has 1 aliphatic carbocycles. The molecule has 0 bridgehead atoms. The van der Waals surface area contributed by atoms with Gasteiger partial charge in [-0.1, -0.05) is 50.1 Å². The Morgan fingerprint density at radius 1 is 1.30 bits per heavy atom. The summed E-state index contributed by atoms with van der Waals surface area (Å²) in [4.78, 5) is 27.4. The second-order valence-corrected chi connectivity index (χ2v) is 7.13. The number of carbonyl (C=O) groups is 2. The minimum atomic E-state index is -0.481. The summed E-state index contributed by atoms with van der Waals surface area (Å²) in [5.41, 5.74) is 1.67. The van der Waals surface area contributed by atoms with Crippen molar-refractivity contribution in [1.82, 2.24) is 20.9 Å². The smallest absolute Gasteiger partial charge is 0.246 e. The highest BCUT2D eigenvalue weighted by atomic mass is 16.5. The van der Waals surface area contributed by atoms with Crippen LogP contribution >= 0.6 is 0 Å². The third-order valence-corrected chi connectivity index (χ3v) is 5.00. The van der Waals surface area contributed by atoms with Crippen molar-refractivity contribution >= 4 is 11.8 Å². The van der Waals surface area contributed by atoms with Crippen LogP contribution in [0, 0.1) is 5.92 Å². The van der Waals surface area contributed by atoms with E-state index in [4.69, 9.17) is 14.5 Å². The number of hydrogen-bond acceptors (Lipinski definition) is 7. The number of nitrogens with one attached hydrogen (secondary N) is 2. The lowest BCUT2D eigenvalue weighted by atomic mass is 9.84. The molecule has 1 aromatic rings. The number of ether oxygens (including phenoxy) is 1. The number of hydrogen-bond donors (Lipinski definition) is 3. The molecular formula is C18H30N4O5. The van der Waals surface area contributed by atoms with Gasteiger partial charge in [-0.15, -0.1) is 0 Å². The highest BCUT2D eigenvalue weighted by molar-refractivity contribution is 5.77. The largest absolute Gasteiger partial charge is 0.375 e. The van der Waals surface area contributed by atoms with Gasteiger partial charge in [0.1, 0.15) is 6.61 Å². The van der Waals surface area contributed by atoms with Gasteiger partial charge in [-0.05, 0) is 12.3 Å². The number of rotatable bonds is 11. The van der Waals surface area contributed by atoms with Crippen molar-refractivity contribution in [2.75, 3.05) is 13.7 Å². The van der Waals surface area contributed by atoms with Crippen LogP contribution in [0.4, 0.5) is 0 Å². The first-order valence-electron chi connectivity index (χ1n) is 9.63. The van der Waals surface area contributed by atoms with Gasteiger partial charge in [0.25, 0.3) is 0 Å². The molecule has 152 valence electrons. The molecule has 2 amide bonds. The molecule has 0 spiro atoms. The topological polar surface area (TPSA) is 127 Å². The van der Waals surface area contributed by atoms with Crippen LogP contribution < -0.4 is 10.8 Å². The van der Waals surface area contributed by atoms with E-state index in [9.17, 15) is 9.59 Å². The van der Waals surface area contributed by atoms with Crippen molar-refractivity contribution in [2.24, 2.45) is 5.92 Å². The Morgan fingerprint density at radius 3 is 2.78 bits per heavy atom. The first-order valence-corrected chi connectivity index (χ1v) is 9.63. The number of methoxy groups -OCH3 is 1. The molecule has 1 aromatic heterocycles. The third-order valence-electron chi connectivity index (χ3n) is 5.00. The van der Waals surface area contributed by atoms with E-state index < -0.39 is 5.91 Å². The Bertz CT molecular complexity index is 586. The zero-order chi connectivity index (χ0) is 19.5. The molecule has 1 saturated carbocycles. The predicted octanol–water partition coefficient (Wildman–Crippen LogP) is 2.06. The monoisotopic (exact) mass is 382 g/mol. The van der Waals surface area contributed by atoms with Gasteiger partial charge in [0.2, 0.25) is 17.7 Å². The normalized spacial score (nSPS) is 16.1. The van der Waals surface area contributed by atoms with Crippen molar-refractivity contribution in [3.05, 3.63) is 11.7 Å². The molecule has 9 heteroatoms. The lowest BCUT2D eigenvalue weighted by Crippen LogP contribution is -2.27. The van der Waals surface area contributed by atoms with Crippen LogP contribution in [-0.2, 0) is 20.9 Å². The fourth-order valence-electron chi connectivity index (χ4n) is 3.58. The fraction of sp³-hybridized carbons (Fsp3) is 0.778. The average molecular weight is 382 g/mol. The Balaban J connectivity index is 1.88. The molecule has 1 heterocycles. The number of amides is 2. The van der Waals surface area contributed by atoms with E-state index in [0.29, 0.717) is 11.7 Å². The summed E-state index contributed by atoms with van der Waals surface area (Å²) < 4.78 is 10.0. The van der Waals surface area contributed by atoms with Crippen LogP contribution in [0.25, 0.3) is 0 Å². The SMILES string of the molecule is COCC(=O)NCc1noc([C@H](CCCC2CCCCC2)CC(=O)NO)n1. The first-order chi connectivity index (χ1) is 13.1. The average Bonchev–Trinajstić information content (AvgIpc) is 3.15. The standard InChI is InChI=1S/C18H30N4O5/c1-26-12-17(24)19-11-15-20-18(27-22-15)14(10-16(23)21-25)9-5-8-13-6-3-2-4-7-13/h13-14,25H,2-12H2,1H3,(H,19,24)(H,21,23)/t14-/m1/s1. The van der Waals surface area contributed by atoms with Crippen molar-refractivity contribution in [3.8, 4) is 0 Å². The van der Waals surface area contributed by atoms with E-state index >= 15 is 0 Å². The molecule has 2 rings (SSSR count). The quantitative estimate of drug-likeness (QED) is 0.395. The molecular weight excluding hydrogens is 352 g/mol. The summed E-state index contributed by atoms with van der Waals surface area (Å²) in [7, 11) is 1.44. The second-order valence-electron chi connectivity index (χ2n) is 7.13. The highest BCUT2D eigenvalue weighted by Crippen LogP contribution is 2.31. The molecule has 1 fully saturated rings. The Kier molecular flexibility index (Phi) is 9.20. The minimum Gasteiger partial charge on any atom is -0.375 e. The number of nitrogens with zero attached hydrogens (tertiary/aromatic N) is 2. The summed E-state index contributed by atoms with van der Waals surface area (Å²) in [5.74, 6) is 0.463. The first kappa shape index (κ1) is 21.3. The van der Waals surface area contributed by atoms with Crippen LogP contribution in [0.2, 0.25) is 0 Å². The summed E-state index contributed by atoms with van der Waals surface area (Å²) in [6.07, 6.45) is 9.44. The molecule has 0 radical (unpaired) electrons. The minimum absolute atomic E-state index is 0.0365. The Hall–Kier alpha value is -2.00. The molecule has 0 aromatic carbocycles. The maximum Gasteiger partial charge on any atom is 0.246 e. The summed E-state index contributed by atoms with van der Waals surface area (Å²) in [6, 6.07) is 0. The van der Waals surface area contributed by atoms with Gasteiger partial charge in [0.05, 0.1) is 6.54 Å².